The standard InChI is InChI=1S/C18H16N4O5S3/c23-17-16-12(3-8-28-16)19-15(21-17)10-29-18-20-13-9-11(1-2-14(13)27-18)30(24,25)22-4-6-26-7-5-22/h1-3,8-9H,4-7,10H2,(H,19,21,23). The second kappa shape index (κ2) is 7.78. The van der Waals surface area contributed by atoms with Gasteiger partial charge in [-0.25, -0.2) is 18.4 Å². The van der Waals surface area contributed by atoms with Crippen molar-refractivity contribution in [3.8, 4) is 0 Å². The van der Waals surface area contributed by atoms with Gasteiger partial charge in [0.25, 0.3) is 10.8 Å². The fourth-order valence-corrected chi connectivity index (χ4v) is 6.03. The summed E-state index contributed by atoms with van der Waals surface area (Å²) in [6.07, 6.45) is 0. The van der Waals surface area contributed by atoms with Crippen molar-refractivity contribution in [1.29, 1.82) is 0 Å². The van der Waals surface area contributed by atoms with E-state index in [1.807, 2.05) is 5.38 Å². The molecule has 0 atom stereocenters. The first kappa shape index (κ1) is 19.7. The Hall–Kier alpha value is -2.25. The minimum atomic E-state index is -3.60. The Labute approximate surface area is 179 Å². The van der Waals surface area contributed by atoms with Gasteiger partial charge in [0.05, 0.1) is 29.4 Å². The average Bonchev–Trinajstić information content (AvgIpc) is 3.39. The Kier molecular flexibility index (Phi) is 5.11. The third kappa shape index (κ3) is 3.65. The Bertz CT molecular complexity index is 1390. The van der Waals surface area contributed by atoms with Crippen LogP contribution >= 0.6 is 23.1 Å². The fourth-order valence-electron chi connectivity index (χ4n) is 3.16. The summed E-state index contributed by atoms with van der Waals surface area (Å²) in [5.74, 6) is 0.890. The van der Waals surface area contributed by atoms with Crippen LogP contribution in [-0.2, 0) is 20.5 Å². The normalized spacial score (nSPS) is 15.9. The van der Waals surface area contributed by atoms with Gasteiger partial charge in [-0.1, -0.05) is 11.8 Å². The highest BCUT2D eigenvalue weighted by Gasteiger charge is 2.27. The van der Waals surface area contributed by atoms with E-state index in [-0.39, 0.29) is 10.5 Å². The first-order valence-electron chi connectivity index (χ1n) is 9.08. The summed E-state index contributed by atoms with van der Waals surface area (Å²) in [4.78, 5) is 23.8. The van der Waals surface area contributed by atoms with Crippen molar-refractivity contribution in [2.45, 2.75) is 15.9 Å². The van der Waals surface area contributed by atoms with E-state index in [4.69, 9.17) is 9.15 Å². The molecule has 0 saturated carbocycles. The summed E-state index contributed by atoms with van der Waals surface area (Å²) < 4.78 is 38.6. The number of fused-ring (bicyclic) bond motifs is 2. The van der Waals surface area contributed by atoms with Crippen LogP contribution in [0.3, 0.4) is 0 Å². The van der Waals surface area contributed by atoms with Gasteiger partial charge in [-0.2, -0.15) is 4.31 Å². The third-order valence-electron chi connectivity index (χ3n) is 4.64. The Balaban J connectivity index is 1.37. The van der Waals surface area contributed by atoms with Crippen LogP contribution in [0.15, 0.2) is 49.0 Å². The molecule has 12 heteroatoms. The molecule has 0 spiro atoms. The second-order valence-electron chi connectivity index (χ2n) is 6.56. The third-order valence-corrected chi connectivity index (χ3v) is 8.28. The first-order valence-corrected chi connectivity index (χ1v) is 12.4. The number of H-pyrrole nitrogens is 1. The molecule has 4 aromatic rings. The van der Waals surface area contributed by atoms with Gasteiger partial charge in [-0.05, 0) is 29.6 Å². The number of thioether (sulfide) groups is 1. The zero-order chi connectivity index (χ0) is 20.7. The predicted molar refractivity (Wildman–Crippen MR) is 113 cm³/mol. The smallest absolute Gasteiger partial charge is 0.268 e. The quantitative estimate of drug-likeness (QED) is 0.448. The van der Waals surface area contributed by atoms with E-state index in [9.17, 15) is 13.2 Å². The van der Waals surface area contributed by atoms with Gasteiger partial charge in [-0.3, -0.25) is 4.79 Å². The molecule has 1 aliphatic heterocycles. The zero-order valence-electron chi connectivity index (χ0n) is 15.5. The molecule has 1 N–H and O–H groups in total. The predicted octanol–water partition coefficient (Wildman–Crippen LogP) is 2.44. The van der Waals surface area contributed by atoms with Crippen LogP contribution in [0.25, 0.3) is 21.3 Å². The topological polar surface area (TPSA) is 118 Å². The summed E-state index contributed by atoms with van der Waals surface area (Å²) in [7, 11) is -3.60. The van der Waals surface area contributed by atoms with Gasteiger partial charge in [0.15, 0.2) is 5.58 Å². The number of nitrogens with zero attached hydrogens (tertiary/aromatic N) is 3. The second-order valence-corrected chi connectivity index (χ2v) is 10.3. The van der Waals surface area contributed by atoms with Crippen LogP contribution in [0.2, 0.25) is 0 Å². The molecule has 1 saturated heterocycles. The molecule has 156 valence electrons. The highest BCUT2D eigenvalue weighted by molar-refractivity contribution is 7.98. The molecule has 3 aromatic heterocycles. The lowest BCUT2D eigenvalue weighted by Gasteiger charge is -2.25. The maximum Gasteiger partial charge on any atom is 0.268 e. The fraction of sp³-hybridized carbons (Fsp3) is 0.278. The monoisotopic (exact) mass is 464 g/mol. The molecule has 0 aliphatic carbocycles. The number of ether oxygens (including phenoxy) is 1. The Morgan fingerprint density at radius 2 is 2.00 bits per heavy atom. The summed E-state index contributed by atoms with van der Waals surface area (Å²) in [6, 6.07) is 6.46. The minimum Gasteiger partial charge on any atom is -0.431 e. The molecule has 1 fully saturated rings. The zero-order valence-corrected chi connectivity index (χ0v) is 18.0. The average molecular weight is 465 g/mol. The van der Waals surface area contributed by atoms with E-state index in [0.717, 1.165) is 0 Å². The van der Waals surface area contributed by atoms with Crippen molar-refractivity contribution in [1.82, 2.24) is 19.3 Å². The van der Waals surface area contributed by atoms with E-state index < -0.39 is 10.0 Å². The lowest BCUT2D eigenvalue weighted by molar-refractivity contribution is 0.0730. The van der Waals surface area contributed by atoms with Gasteiger partial charge in [0, 0.05) is 13.1 Å². The molecule has 9 nitrogen and oxygen atoms in total. The lowest BCUT2D eigenvalue weighted by atomic mass is 10.3. The molecule has 0 amide bonds. The molecular weight excluding hydrogens is 448 g/mol. The Morgan fingerprint density at radius 3 is 2.83 bits per heavy atom. The molecular formula is C18H16N4O5S3. The molecule has 0 bridgehead atoms. The van der Waals surface area contributed by atoms with Gasteiger partial charge in [0.1, 0.15) is 16.0 Å². The molecule has 30 heavy (non-hydrogen) atoms. The number of hydrogen-bond acceptors (Lipinski definition) is 9. The molecule has 5 rings (SSSR count). The summed E-state index contributed by atoms with van der Waals surface area (Å²) in [5.41, 5.74) is 1.45. The van der Waals surface area contributed by atoms with Crippen molar-refractivity contribution < 1.29 is 17.6 Å². The maximum atomic E-state index is 12.8. The van der Waals surface area contributed by atoms with Crippen LogP contribution in [0.5, 0.6) is 0 Å². The molecule has 4 heterocycles. The number of aromatic nitrogens is 3. The largest absolute Gasteiger partial charge is 0.431 e. The van der Waals surface area contributed by atoms with Gasteiger partial charge >= 0.3 is 0 Å². The van der Waals surface area contributed by atoms with Crippen LogP contribution in [0, 0.1) is 0 Å². The van der Waals surface area contributed by atoms with Crippen molar-refractivity contribution in [2.75, 3.05) is 26.3 Å². The number of nitrogens with one attached hydrogen (secondary N) is 1. The number of morpholine rings is 1. The Morgan fingerprint density at radius 1 is 1.17 bits per heavy atom. The minimum absolute atomic E-state index is 0.166. The van der Waals surface area contributed by atoms with Crippen LogP contribution in [-0.4, -0.2) is 54.0 Å². The maximum absolute atomic E-state index is 12.8. The number of rotatable bonds is 5. The number of sulfonamides is 1. The van der Waals surface area contributed by atoms with E-state index in [2.05, 4.69) is 15.0 Å². The van der Waals surface area contributed by atoms with Crippen molar-refractivity contribution in [2.24, 2.45) is 0 Å². The number of hydrogen-bond donors (Lipinski definition) is 1. The summed E-state index contributed by atoms with van der Waals surface area (Å²) in [5, 5.41) is 2.20. The van der Waals surface area contributed by atoms with E-state index >= 15 is 0 Å². The molecule has 1 aliphatic rings. The van der Waals surface area contributed by atoms with E-state index in [1.54, 1.807) is 12.1 Å². The highest BCUT2D eigenvalue weighted by atomic mass is 32.2. The number of benzene rings is 1. The highest BCUT2D eigenvalue weighted by Crippen LogP contribution is 2.28. The SMILES string of the molecule is O=c1[nH]c(CSc2nc3cc(S(=O)(=O)N4CCOCC4)ccc3o2)nc2ccsc12. The lowest BCUT2D eigenvalue weighted by Crippen LogP contribution is -2.40. The summed E-state index contributed by atoms with van der Waals surface area (Å²) >= 11 is 2.63. The molecule has 0 unspecified atom stereocenters. The summed E-state index contributed by atoms with van der Waals surface area (Å²) in [6.45, 7) is 1.44. The number of aromatic amines is 1. The number of thiophene rings is 1. The van der Waals surface area contributed by atoms with Crippen LogP contribution in [0.1, 0.15) is 5.82 Å². The number of oxazole rings is 1. The van der Waals surface area contributed by atoms with Crippen LogP contribution in [0.4, 0.5) is 0 Å². The van der Waals surface area contributed by atoms with Crippen molar-refractivity contribution in [3.63, 3.8) is 0 Å². The van der Waals surface area contributed by atoms with Crippen molar-refractivity contribution >= 4 is 54.4 Å². The van der Waals surface area contributed by atoms with E-state index in [1.165, 1.54) is 39.5 Å². The van der Waals surface area contributed by atoms with E-state index in [0.29, 0.717) is 64.4 Å². The van der Waals surface area contributed by atoms with Crippen molar-refractivity contribution in [3.05, 3.63) is 45.8 Å². The van der Waals surface area contributed by atoms with Gasteiger partial charge in [-0.15, -0.1) is 11.3 Å². The molecule has 0 radical (unpaired) electrons. The molecule has 1 aromatic carbocycles. The van der Waals surface area contributed by atoms with Crippen LogP contribution < -0.4 is 5.56 Å². The first-order chi connectivity index (χ1) is 14.5. The van der Waals surface area contributed by atoms with Gasteiger partial charge < -0.3 is 14.1 Å². The van der Waals surface area contributed by atoms with Gasteiger partial charge in [0.2, 0.25) is 10.0 Å².